The van der Waals surface area contributed by atoms with Crippen molar-refractivity contribution in [1.29, 1.82) is 0 Å². The molecular formula is C17H21N3. The predicted molar refractivity (Wildman–Crippen MR) is 84.2 cm³/mol. The lowest BCUT2D eigenvalue weighted by Crippen LogP contribution is -2.36. The van der Waals surface area contributed by atoms with Crippen LogP contribution in [-0.2, 0) is 0 Å². The summed E-state index contributed by atoms with van der Waals surface area (Å²) in [6, 6.07) is 8.28. The highest BCUT2D eigenvalue weighted by atomic mass is 15.0. The number of nitrogens with zero attached hydrogens (tertiary/aromatic N) is 1. The van der Waals surface area contributed by atoms with E-state index in [2.05, 4.69) is 35.3 Å². The number of aromatic nitrogens is 1. The highest BCUT2D eigenvalue weighted by Gasteiger charge is 2.16. The maximum Gasteiger partial charge on any atom is 0.0692 e. The molecule has 0 spiro atoms. The molecule has 0 aliphatic carbocycles. The molecule has 3 nitrogen and oxygen atoms in total. The normalized spacial score (nSPS) is 13.8. The summed E-state index contributed by atoms with van der Waals surface area (Å²) in [6.45, 7) is 2.63. The van der Waals surface area contributed by atoms with Gasteiger partial charge in [-0.1, -0.05) is 43.5 Å². The van der Waals surface area contributed by atoms with Gasteiger partial charge in [-0.15, -0.1) is 6.42 Å². The lowest BCUT2D eigenvalue weighted by atomic mass is 10.0. The molecular weight excluding hydrogens is 246 g/mol. The van der Waals surface area contributed by atoms with Gasteiger partial charge in [0, 0.05) is 30.4 Å². The molecule has 3 N–H and O–H groups in total. The zero-order valence-corrected chi connectivity index (χ0v) is 11.8. The molecule has 1 aromatic carbocycles. The number of nitrogens with one attached hydrogen (secondary N) is 1. The fraction of sp³-hybridized carbons (Fsp3) is 0.353. The Bertz CT molecular complexity index is 595. The first-order valence-corrected chi connectivity index (χ1v) is 7.05. The third kappa shape index (κ3) is 3.16. The summed E-state index contributed by atoms with van der Waals surface area (Å²) in [4.78, 5) is 4.31. The zero-order chi connectivity index (χ0) is 14.4. The summed E-state index contributed by atoms with van der Waals surface area (Å²) in [6.07, 6.45) is 11.3. The molecule has 0 saturated carbocycles. The van der Waals surface area contributed by atoms with Crippen LogP contribution in [0.1, 0.15) is 31.4 Å². The molecule has 2 rings (SSSR count). The van der Waals surface area contributed by atoms with Crippen LogP contribution in [0, 0.1) is 12.3 Å². The minimum Gasteiger partial charge on any atom is -0.329 e. The molecule has 0 fully saturated rings. The Balaban J connectivity index is 2.32. The predicted octanol–water partition coefficient (Wildman–Crippen LogP) is 2.63. The molecule has 1 heterocycles. The number of nitrogens with two attached hydrogens (primary N) is 1. The van der Waals surface area contributed by atoms with E-state index in [0.717, 1.165) is 23.8 Å². The smallest absolute Gasteiger partial charge is 0.0692 e. The summed E-state index contributed by atoms with van der Waals surface area (Å²) in [5.74, 6) is 2.80. The van der Waals surface area contributed by atoms with E-state index in [1.165, 1.54) is 5.39 Å². The third-order valence-electron chi connectivity index (χ3n) is 3.49. The number of benzene rings is 1. The fourth-order valence-corrected chi connectivity index (χ4v) is 2.45. The molecule has 2 aromatic rings. The fourth-order valence-electron chi connectivity index (χ4n) is 2.45. The number of rotatable bonds is 6. The molecule has 104 valence electrons. The van der Waals surface area contributed by atoms with Crippen molar-refractivity contribution < 1.29 is 0 Å². The Morgan fingerprint density at radius 2 is 2.15 bits per heavy atom. The summed E-state index contributed by atoms with van der Waals surface area (Å²) in [5, 5.41) is 5.76. The third-order valence-corrected chi connectivity index (χ3v) is 3.49. The molecule has 0 amide bonds. The Kier molecular flexibility index (Phi) is 5.11. The minimum atomic E-state index is 0.0289. The van der Waals surface area contributed by atoms with E-state index < -0.39 is 0 Å². The largest absolute Gasteiger partial charge is 0.329 e. The maximum absolute atomic E-state index is 5.94. The quantitative estimate of drug-likeness (QED) is 0.791. The Labute approximate surface area is 120 Å². The highest BCUT2D eigenvalue weighted by molar-refractivity contribution is 5.85. The molecule has 1 aromatic heterocycles. The molecule has 0 saturated heterocycles. The van der Waals surface area contributed by atoms with E-state index in [-0.39, 0.29) is 12.1 Å². The van der Waals surface area contributed by atoms with Crippen LogP contribution in [0.3, 0.4) is 0 Å². The lowest BCUT2D eigenvalue weighted by molar-refractivity contribution is 0.477. The second-order valence-corrected chi connectivity index (χ2v) is 4.91. The van der Waals surface area contributed by atoms with Gasteiger partial charge in [-0.2, -0.15) is 0 Å². The second-order valence-electron chi connectivity index (χ2n) is 4.91. The van der Waals surface area contributed by atoms with Crippen molar-refractivity contribution in [2.75, 3.05) is 6.54 Å². The average Bonchev–Trinajstić information content (AvgIpc) is 2.51. The molecule has 0 aliphatic heterocycles. The molecule has 0 aliphatic rings. The second kappa shape index (κ2) is 7.04. The van der Waals surface area contributed by atoms with E-state index in [9.17, 15) is 0 Å². The molecule has 0 radical (unpaired) electrons. The van der Waals surface area contributed by atoms with Crippen molar-refractivity contribution in [3.63, 3.8) is 0 Å². The van der Waals surface area contributed by atoms with E-state index in [4.69, 9.17) is 12.2 Å². The molecule has 2 unspecified atom stereocenters. The van der Waals surface area contributed by atoms with Crippen molar-refractivity contribution in [2.24, 2.45) is 5.73 Å². The van der Waals surface area contributed by atoms with Crippen molar-refractivity contribution in [3.8, 4) is 12.3 Å². The topological polar surface area (TPSA) is 50.9 Å². The van der Waals surface area contributed by atoms with Crippen LogP contribution >= 0.6 is 0 Å². The Hall–Kier alpha value is -1.89. The van der Waals surface area contributed by atoms with Gasteiger partial charge in [-0.05, 0) is 17.4 Å². The summed E-state index contributed by atoms with van der Waals surface area (Å²) < 4.78 is 0. The van der Waals surface area contributed by atoms with Crippen molar-refractivity contribution in [1.82, 2.24) is 10.3 Å². The van der Waals surface area contributed by atoms with E-state index in [0.29, 0.717) is 6.54 Å². The maximum atomic E-state index is 5.94. The van der Waals surface area contributed by atoms with E-state index >= 15 is 0 Å². The van der Waals surface area contributed by atoms with Gasteiger partial charge in [-0.25, -0.2) is 0 Å². The van der Waals surface area contributed by atoms with Crippen molar-refractivity contribution >= 4 is 10.8 Å². The highest BCUT2D eigenvalue weighted by Crippen LogP contribution is 2.23. The molecule has 20 heavy (non-hydrogen) atoms. The van der Waals surface area contributed by atoms with Crippen LogP contribution < -0.4 is 11.1 Å². The van der Waals surface area contributed by atoms with Gasteiger partial charge in [-0.3, -0.25) is 10.3 Å². The standard InChI is InChI=1S/C17H21N3/c1-3-7-14(4-2)20-17(10-18)16-12-19-11-13-8-5-6-9-15(13)16/h2,5-6,8-9,11-12,14,17,20H,3,7,10,18H2,1H3. The van der Waals surface area contributed by atoms with E-state index in [1.54, 1.807) is 0 Å². The van der Waals surface area contributed by atoms with Gasteiger partial charge >= 0.3 is 0 Å². The number of fused-ring (bicyclic) bond motifs is 1. The van der Waals surface area contributed by atoms with E-state index in [1.807, 2.05) is 24.5 Å². The first-order valence-electron chi connectivity index (χ1n) is 7.05. The van der Waals surface area contributed by atoms with Gasteiger partial charge in [0.15, 0.2) is 0 Å². The first kappa shape index (κ1) is 14.5. The van der Waals surface area contributed by atoms with Gasteiger partial charge in [0.1, 0.15) is 0 Å². The van der Waals surface area contributed by atoms with Gasteiger partial charge < -0.3 is 5.73 Å². The van der Waals surface area contributed by atoms with Gasteiger partial charge in [0.2, 0.25) is 0 Å². The lowest BCUT2D eigenvalue weighted by Gasteiger charge is -2.22. The summed E-state index contributed by atoms with van der Waals surface area (Å²) >= 11 is 0. The van der Waals surface area contributed by atoms with Crippen molar-refractivity contribution in [3.05, 3.63) is 42.2 Å². The van der Waals surface area contributed by atoms with Crippen LogP contribution in [0.15, 0.2) is 36.7 Å². The Morgan fingerprint density at radius 1 is 1.35 bits per heavy atom. The number of terminal acetylenes is 1. The minimum absolute atomic E-state index is 0.0289. The molecule has 3 heteroatoms. The van der Waals surface area contributed by atoms with Crippen LogP contribution in [0.5, 0.6) is 0 Å². The number of pyridine rings is 1. The first-order chi connectivity index (χ1) is 9.80. The zero-order valence-electron chi connectivity index (χ0n) is 11.8. The average molecular weight is 267 g/mol. The van der Waals surface area contributed by atoms with Gasteiger partial charge in [0.05, 0.1) is 6.04 Å². The van der Waals surface area contributed by atoms with Crippen LogP contribution in [-0.4, -0.2) is 17.6 Å². The van der Waals surface area contributed by atoms with Crippen LogP contribution in [0.25, 0.3) is 10.8 Å². The molecule has 0 bridgehead atoms. The molecule has 2 atom stereocenters. The van der Waals surface area contributed by atoms with Crippen LogP contribution in [0.2, 0.25) is 0 Å². The summed E-state index contributed by atoms with van der Waals surface area (Å²) in [7, 11) is 0. The monoisotopic (exact) mass is 267 g/mol. The Morgan fingerprint density at radius 3 is 2.85 bits per heavy atom. The van der Waals surface area contributed by atoms with Crippen LogP contribution in [0.4, 0.5) is 0 Å². The number of hydrogen-bond donors (Lipinski definition) is 2. The van der Waals surface area contributed by atoms with Crippen molar-refractivity contribution in [2.45, 2.75) is 31.8 Å². The SMILES string of the molecule is C#CC(CCC)NC(CN)c1cncc2ccccc12. The van der Waals surface area contributed by atoms with Gasteiger partial charge in [0.25, 0.3) is 0 Å². The summed E-state index contributed by atoms with van der Waals surface area (Å²) in [5.41, 5.74) is 7.05. The number of hydrogen-bond acceptors (Lipinski definition) is 3.